The third kappa shape index (κ3) is 3.36. The molecule has 0 bridgehead atoms. The lowest BCUT2D eigenvalue weighted by Crippen LogP contribution is -1.98. The number of rotatable bonds is 2. The van der Waals surface area contributed by atoms with Gasteiger partial charge in [0.05, 0.1) is 0 Å². The topological polar surface area (TPSA) is 24.9 Å². The molecule has 2 nitrogen and oxygen atoms in total. The number of pyridine rings is 1. The van der Waals surface area contributed by atoms with E-state index >= 15 is 0 Å². The largest absolute Gasteiger partial charge is 0.388 e. The van der Waals surface area contributed by atoms with Crippen molar-refractivity contribution in [3.05, 3.63) is 23.5 Å². The van der Waals surface area contributed by atoms with Crippen molar-refractivity contribution >= 4 is 5.69 Å². The molecule has 0 unspecified atom stereocenters. The summed E-state index contributed by atoms with van der Waals surface area (Å²) in [4.78, 5) is 4.35. The van der Waals surface area contributed by atoms with Crippen molar-refractivity contribution < 1.29 is 0 Å². The lowest BCUT2D eigenvalue weighted by atomic mass is 10.1. The maximum atomic E-state index is 4.35. The van der Waals surface area contributed by atoms with Crippen LogP contribution in [-0.2, 0) is 0 Å². The summed E-state index contributed by atoms with van der Waals surface area (Å²) in [6.07, 6.45) is 1.92. The monoisotopic (exact) mass is 194 g/mol. The normalized spacial score (nSPS) is 9.36. The summed E-state index contributed by atoms with van der Waals surface area (Å²) in [5, 5.41) is 3.15. The molecule has 0 saturated heterocycles. The van der Waals surface area contributed by atoms with Gasteiger partial charge in [0, 0.05) is 24.6 Å². The van der Waals surface area contributed by atoms with Crippen LogP contribution in [0.15, 0.2) is 12.3 Å². The second-order valence-corrected chi connectivity index (χ2v) is 3.33. The molecule has 0 aliphatic carbocycles. The molecule has 0 spiro atoms. The first-order valence-corrected chi connectivity index (χ1v) is 5.29. The highest BCUT2D eigenvalue weighted by Crippen LogP contribution is 2.18. The molecule has 1 heterocycles. The van der Waals surface area contributed by atoms with Crippen LogP contribution in [0.4, 0.5) is 5.69 Å². The molecule has 0 aliphatic rings. The average Bonchev–Trinajstić information content (AvgIpc) is 2.21. The molecule has 1 rings (SSSR count). The molecule has 2 heteroatoms. The van der Waals surface area contributed by atoms with Gasteiger partial charge in [-0.2, -0.15) is 0 Å². The summed E-state index contributed by atoms with van der Waals surface area (Å²) >= 11 is 0. The van der Waals surface area contributed by atoms with Crippen LogP contribution in [0.3, 0.4) is 0 Å². The first kappa shape index (κ1) is 12.9. The molecule has 1 N–H and O–H groups in total. The Morgan fingerprint density at radius 1 is 1.29 bits per heavy atom. The van der Waals surface area contributed by atoms with E-state index in [0.717, 1.165) is 5.69 Å². The molecule has 14 heavy (non-hydrogen) atoms. The van der Waals surface area contributed by atoms with Crippen LogP contribution in [0.25, 0.3) is 0 Å². The Morgan fingerprint density at radius 2 is 1.86 bits per heavy atom. The summed E-state index contributed by atoms with van der Waals surface area (Å²) in [5.74, 6) is 0.498. The Kier molecular flexibility index (Phi) is 5.93. The van der Waals surface area contributed by atoms with Crippen LogP contribution in [0.2, 0.25) is 0 Å². The number of nitrogens with one attached hydrogen (secondary N) is 1. The van der Waals surface area contributed by atoms with Crippen molar-refractivity contribution in [2.45, 2.75) is 40.5 Å². The fourth-order valence-electron chi connectivity index (χ4n) is 1.12. The summed E-state index contributed by atoms with van der Waals surface area (Å²) in [5.41, 5.74) is 3.51. The molecular weight excluding hydrogens is 172 g/mol. The van der Waals surface area contributed by atoms with Crippen LogP contribution in [-0.4, -0.2) is 12.0 Å². The number of aromatic nitrogens is 1. The zero-order valence-corrected chi connectivity index (χ0v) is 10.2. The predicted octanol–water partition coefficient (Wildman–Crippen LogP) is 3.58. The fraction of sp³-hybridized carbons (Fsp3) is 0.583. The third-order valence-corrected chi connectivity index (χ3v) is 1.99. The summed E-state index contributed by atoms with van der Waals surface area (Å²) in [6.45, 7) is 10.4. The maximum absolute atomic E-state index is 4.35. The van der Waals surface area contributed by atoms with Crippen LogP contribution >= 0.6 is 0 Å². The first-order chi connectivity index (χ1) is 6.65. The molecule has 0 atom stereocenters. The number of hydrogen-bond donors (Lipinski definition) is 1. The van der Waals surface area contributed by atoms with E-state index < -0.39 is 0 Å². The van der Waals surface area contributed by atoms with E-state index in [9.17, 15) is 0 Å². The molecule has 0 aliphatic heterocycles. The highest BCUT2D eigenvalue weighted by molar-refractivity contribution is 5.50. The quantitative estimate of drug-likeness (QED) is 0.778. The van der Waals surface area contributed by atoms with E-state index in [1.807, 2.05) is 27.1 Å². The zero-order valence-electron chi connectivity index (χ0n) is 10.2. The number of hydrogen-bond acceptors (Lipinski definition) is 2. The lowest BCUT2D eigenvalue weighted by Gasteiger charge is -2.09. The van der Waals surface area contributed by atoms with E-state index in [-0.39, 0.29) is 0 Å². The number of aryl methyl sites for hydroxylation is 1. The zero-order chi connectivity index (χ0) is 11.1. The van der Waals surface area contributed by atoms with Crippen LogP contribution in [0.1, 0.15) is 44.9 Å². The van der Waals surface area contributed by atoms with Crippen molar-refractivity contribution in [1.82, 2.24) is 4.98 Å². The van der Waals surface area contributed by atoms with E-state index in [1.54, 1.807) is 0 Å². The van der Waals surface area contributed by atoms with Crippen molar-refractivity contribution in [3.63, 3.8) is 0 Å². The van der Waals surface area contributed by atoms with Crippen molar-refractivity contribution in [2.24, 2.45) is 0 Å². The van der Waals surface area contributed by atoms with Crippen molar-refractivity contribution in [1.29, 1.82) is 0 Å². The molecule has 0 radical (unpaired) electrons. The van der Waals surface area contributed by atoms with E-state index in [2.05, 4.69) is 37.1 Å². The molecule has 0 saturated carbocycles. The van der Waals surface area contributed by atoms with Gasteiger partial charge < -0.3 is 5.32 Å². The van der Waals surface area contributed by atoms with Crippen molar-refractivity contribution in [2.75, 3.05) is 12.4 Å². The van der Waals surface area contributed by atoms with Gasteiger partial charge >= 0.3 is 0 Å². The van der Waals surface area contributed by atoms with Gasteiger partial charge in [-0.1, -0.05) is 27.7 Å². The van der Waals surface area contributed by atoms with Crippen LogP contribution < -0.4 is 5.32 Å². The Morgan fingerprint density at radius 3 is 2.29 bits per heavy atom. The van der Waals surface area contributed by atoms with Gasteiger partial charge in [0.15, 0.2) is 0 Å². The minimum Gasteiger partial charge on any atom is -0.388 e. The molecule has 80 valence electrons. The average molecular weight is 194 g/mol. The molecular formula is C12H22N2. The summed E-state index contributed by atoms with van der Waals surface area (Å²) in [6, 6.07) is 2.11. The standard InChI is InChI=1S/C10H16N2.C2H6/c1-7(2)9-5-10(11-4)8(3)6-12-9;1-2/h5-7H,1-4H3,(H,11,12);1-2H3. The Balaban J connectivity index is 0.000000791. The minimum atomic E-state index is 0.498. The smallest absolute Gasteiger partial charge is 0.0449 e. The fourth-order valence-corrected chi connectivity index (χ4v) is 1.12. The highest BCUT2D eigenvalue weighted by atomic mass is 14.8. The first-order valence-electron chi connectivity index (χ1n) is 5.29. The van der Waals surface area contributed by atoms with Crippen LogP contribution in [0.5, 0.6) is 0 Å². The second kappa shape index (κ2) is 6.41. The molecule has 0 fully saturated rings. The van der Waals surface area contributed by atoms with E-state index in [4.69, 9.17) is 0 Å². The minimum absolute atomic E-state index is 0.498. The summed E-state index contributed by atoms with van der Waals surface area (Å²) in [7, 11) is 1.94. The van der Waals surface area contributed by atoms with Crippen molar-refractivity contribution in [3.8, 4) is 0 Å². The molecule has 0 aromatic carbocycles. The molecule has 0 amide bonds. The van der Waals surface area contributed by atoms with Crippen LogP contribution in [0, 0.1) is 6.92 Å². The van der Waals surface area contributed by atoms with Gasteiger partial charge in [-0.25, -0.2) is 0 Å². The van der Waals surface area contributed by atoms with Gasteiger partial charge in [0.2, 0.25) is 0 Å². The van der Waals surface area contributed by atoms with Gasteiger partial charge in [0.1, 0.15) is 0 Å². The number of nitrogens with zero attached hydrogens (tertiary/aromatic N) is 1. The maximum Gasteiger partial charge on any atom is 0.0449 e. The molecule has 1 aromatic heterocycles. The summed E-state index contributed by atoms with van der Waals surface area (Å²) < 4.78 is 0. The van der Waals surface area contributed by atoms with Gasteiger partial charge in [-0.05, 0) is 24.5 Å². The Hall–Kier alpha value is -1.05. The van der Waals surface area contributed by atoms with E-state index in [1.165, 1.54) is 11.3 Å². The van der Waals surface area contributed by atoms with Gasteiger partial charge in [0.25, 0.3) is 0 Å². The number of anilines is 1. The Labute approximate surface area is 87.8 Å². The second-order valence-electron chi connectivity index (χ2n) is 3.33. The molecule has 1 aromatic rings. The third-order valence-electron chi connectivity index (χ3n) is 1.99. The SMILES string of the molecule is CC.CNc1cc(C(C)C)ncc1C. The van der Waals surface area contributed by atoms with Gasteiger partial charge in [-0.3, -0.25) is 4.98 Å². The van der Waals surface area contributed by atoms with E-state index in [0.29, 0.717) is 5.92 Å². The highest BCUT2D eigenvalue weighted by Gasteiger charge is 2.02. The Bertz CT molecular complexity index is 267. The predicted molar refractivity (Wildman–Crippen MR) is 64.0 cm³/mol. The lowest BCUT2D eigenvalue weighted by molar-refractivity contribution is 0.821. The van der Waals surface area contributed by atoms with Gasteiger partial charge in [-0.15, -0.1) is 0 Å².